The van der Waals surface area contributed by atoms with E-state index in [2.05, 4.69) is 5.32 Å². The van der Waals surface area contributed by atoms with Crippen LogP contribution in [0.2, 0.25) is 0 Å². The Kier molecular flexibility index (Phi) is 7.21. The number of nitrogens with one attached hydrogen (secondary N) is 1. The maximum Gasteiger partial charge on any atom is 0.323 e. The molecule has 1 atom stereocenters. The van der Waals surface area contributed by atoms with Gasteiger partial charge in [0.1, 0.15) is 6.04 Å². The highest BCUT2D eigenvalue weighted by Crippen LogP contribution is 2.24. The number of likely N-dealkylation sites (N-methyl/N-ethyl adjacent to an activating group) is 1. The van der Waals surface area contributed by atoms with Crippen LogP contribution in [-0.4, -0.2) is 38.9 Å². The van der Waals surface area contributed by atoms with Gasteiger partial charge in [0.15, 0.2) is 0 Å². The van der Waals surface area contributed by atoms with Crippen LogP contribution in [0.5, 0.6) is 0 Å². The van der Waals surface area contributed by atoms with Gasteiger partial charge in [0.05, 0.1) is 6.61 Å². The molecule has 0 aromatic carbocycles. The van der Waals surface area contributed by atoms with E-state index in [1.54, 1.807) is 7.05 Å². The summed E-state index contributed by atoms with van der Waals surface area (Å²) in [5.41, 5.74) is 0. The Morgan fingerprint density at radius 2 is 2.12 bits per heavy atom. The molecular formula is C13H25NO3. The molecule has 4 nitrogen and oxygen atoms in total. The first-order valence-corrected chi connectivity index (χ1v) is 6.69. The van der Waals surface area contributed by atoms with E-state index in [4.69, 9.17) is 9.47 Å². The van der Waals surface area contributed by atoms with Crippen LogP contribution in [0, 0.1) is 5.92 Å². The Labute approximate surface area is 104 Å². The average molecular weight is 243 g/mol. The molecule has 1 unspecified atom stereocenters. The molecular weight excluding hydrogens is 218 g/mol. The van der Waals surface area contributed by atoms with Crippen molar-refractivity contribution >= 4 is 5.97 Å². The lowest BCUT2D eigenvalue weighted by Gasteiger charge is -2.15. The molecule has 1 rings (SSSR count). The van der Waals surface area contributed by atoms with Gasteiger partial charge in [0.2, 0.25) is 0 Å². The molecule has 17 heavy (non-hydrogen) atoms. The van der Waals surface area contributed by atoms with Crippen LogP contribution in [0.3, 0.4) is 0 Å². The van der Waals surface area contributed by atoms with Gasteiger partial charge in [-0.05, 0) is 39.2 Å². The zero-order valence-corrected chi connectivity index (χ0v) is 11.0. The molecule has 1 aliphatic carbocycles. The highest BCUT2D eigenvalue weighted by Gasteiger charge is 2.18. The first-order valence-electron chi connectivity index (χ1n) is 6.69. The summed E-state index contributed by atoms with van der Waals surface area (Å²) in [6.07, 6.45) is 5.97. The molecule has 0 heterocycles. The van der Waals surface area contributed by atoms with E-state index in [1.165, 1.54) is 25.7 Å². The Bertz CT molecular complexity index is 215. The Morgan fingerprint density at radius 3 is 2.71 bits per heavy atom. The lowest BCUT2D eigenvalue weighted by molar-refractivity contribution is -0.146. The van der Waals surface area contributed by atoms with Gasteiger partial charge in [-0.25, -0.2) is 0 Å². The van der Waals surface area contributed by atoms with E-state index >= 15 is 0 Å². The SMILES string of the molecule is CCOC(=O)C(CCOCC1CCCC1)NC. The Balaban J connectivity index is 2.08. The molecule has 1 N–H and O–H groups in total. The van der Waals surface area contributed by atoms with Crippen molar-refractivity contribution < 1.29 is 14.3 Å². The second-order valence-electron chi connectivity index (χ2n) is 4.61. The topological polar surface area (TPSA) is 47.6 Å². The smallest absolute Gasteiger partial charge is 0.323 e. The maximum atomic E-state index is 11.5. The summed E-state index contributed by atoms with van der Waals surface area (Å²) in [6.45, 7) is 3.72. The number of carbonyl (C=O) groups is 1. The molecule has 1 fully saturated rings. The van der Waals surface area contributed by atoms with Crippen LogP contribution in [0.1, 0.15) is 39.0 Å². The van der Waals surface area contributed by atoms with Crippen molar-refractivity contribution in [3.63, 3.8) is 0 Å². The van der Waals surface area contributed by atoms with Gasteiger partial charge in [-0.1, -0.05) is 12.8 Å². The fourth-order valence-electron chi connectivity index (χ4n) is 2.25. The number of ether oxygens (including phenoxy) is 2. The van der Waals surface area contributed by atoms with Crippen LogP contribution in [-0.2, 0) is 14.3 Å². The Morgan fingerprint density at radius 1 is 1.41 bits per heavy atom. The predicted molar refractivity (Wildman–Crippen MR) is 66.9 cm³/mol. The van der Waals surface area contributed by atoms with Crippen LogP contribution < -0.4 is 5.32 Å². The summed E-state index contributed by atoms with van der Waals surface area (Å²) in [6, 6.07) is -0.237. The largest absolute Gasteiger partial charge is 0.465 e. The molecule has 4 heteroatoms. The molecule has 0 aromatic rings. The van der Waals surface area contributed by atoms with Crippen molar-refractivity contribution in [1.82, 2.24) is 5.32 Å². The highest BCUT2D eigenvalue weighted by molar-refractivity contribution is 5.75. The third-order valence-corrected chi connectivity index (χ3v) is 3.30. The minimum Gasteiger partial charge on any atom is -0.465 e. The first-order chi connectivity index (χ1) is 8.27. The van der Waals surface area contributed by atoms with E-state index in [0.717, 1.165) is 12.5 Å². The number of carbonyl (C=O) groups excluding carboxylic acids is 1. The lowest BCUT2D eigenvalue weighted by Crippen LogP contribution is -2.36. The molecule has 0 bridgehead atoms. The predicted octanol–water partition coefficient (Wildman–Crippen LogP) is 1.73. The molecule has 1 saturated carbocycles. The molecule has 0 spiro atoms. The number of rotatable bonds is 8. The van der Waals surface area contributed by atoms with Crippen molar-refractivity contribution in [2.45, 2.75) is 45.1 Å². The number of esters is 1. The van der Waals surface area contributed by atoms with Gasteiger partial charge >= 0.3 is 5.97 Å². The molecule has 0 aliphatic heterocycles. The summed E-state index contributed by atoms with van der Waals surface area (Å²) in [7, 11) is 1.78. The van der Waals surface area contributed by atoms with Gasteiger partial charge < -0.3 is 14.8 Å². The van der Waals surface area contributed by atoms with E-state index in [1.807, 2.05) is 6.92 Å². The van der Waals surface area contributed by atoms with Crippen molar-refractivity contribution in [2.24, 2.45) is 5.92 Å². The summed E-state index contributed by atoms with van der Waals surface area (Å²) in [5.74, 6) is 0.560. The minimum atomic E-state index is -0.237. The van der Waals surface area contributed by atoms with Crippen molar-refractivity contribution in [1.29, 1.82) is 0 Å². The second-order valence-corrected chi connectivity index (χ2v) is 4.61. The van der Waals surface area contributed by atoms with Gasteiger partial charge in [0.25, 0.3) is 0 Å². The third kappa shape index (κ3) is 5.50. The van der Waals surface area contributed by atoms with Gasteiger partial charge in [-0.15, -0.1) is 0 Å². The lowest BCUT2D eigenvalue weighted by atomic mass is 10.1. The standard InChI is InChI=1S/C13H25NO3/c1-3-17-13(15)12(14-2)8-9-16-10-11-6-4-5-7-11/h11-12,14H,3-10H2,1-2H3. The number of hydrogen-bond donors (Lipinski definition) is 1. The van der Waals surface area contributed by atoms with Crippen LogP contribution in [0.15, 0.2) is 0 Å². The third-order valence-electron chi connectivity index (χ3n) is 3.30. The molecule has 0 amide bonds. The van der Waals surface area contributed by atoms with Crippen molar-refractivity contribution in [2.75, 3.05) is 26.9 Å². The second kappa shape index (κ2) is 8.48. The van der Waals surface area contributed by atoms with Gasteiger partial charge in [-0.2, -0.15) is 0 Å². The van der Waals surface area contributed by atoms with Crippen molar-refractivity contribution in [3.05, 3.63) is 0 Å². The quantitative estimate of drug-likeness (QED) is 0.521. The molecule has 0 radical (unpaired) electrons. The zero-order chi connectivity index (χ0) is 12.5. The van der Waals surface area contributed by atoms with E-state index in [-0.39, 0.29) is 12.0 Å². The summed E-state index contributed by atoms with van der Waals surface area (Å²) in [4.78, 5) is 11.5. The molecule has 1 aliphatic rings. The normalized spacial score (nSPS) is 18.2. The first kappa shape index (κ1) is 14.5. The molecule has 0 aromatic heterocycles. The van der Waals surface area contributed by atoms with Crippen LogP contribution >= 0.6 is 0 Å². The summed E-state index contributed by atoms with van der Waals surface area (Å²) in [5, 5.41) is 2.96. The highest BCUT2D eigenvalue weighted by atomic mass is 16.5. The maximum absolute atomic E-state index is 11.5. The van der Waals surface area contributed by atoms with Crippen molar-refractivity contribution in [3.8, 4) is 0 Å². The molecule has 100 valence electrons. The Hall–Kier alpha value is -0.610. The summed E-state index contributed by atoms with van der Waals surface area (Å²) >= 11 is 0. The van der Waals surface area contributed by atoms with E-state index < -0.39 is 0 Å². The van der Waals surface area contributed by atoms with Gasteiger partial charge in [-0.3, -0.25) is 4.79 Å². The minimum absolute atomic E-state index is 0.181. The van der Waals surface area contributed by atoms with Gasteiger partial charge in [0, 0.05) is 13.2 Å². The molecule has 0 saturated heterocycles. The average Bonchev–Trinajstić information content (AvgIpc) is 2.82. The number of hydrogen-bond acceptors (Lipinski definition) is 4. The van der Waals surface area contributed by atoms with E-state index in [9.17, 15) is 4.79 Å². The zero-order valence-electron chi connectivity index (χ0n) is 11.0. The van der Waals surface area contributed by atoms with Crippen LogP contribution in [0.25, 0.3) is 0 Å². The van der Waals surface area contributed by atoms with E-state index in [0.29, 0.717) is 19.6 Å². The monoisotopic (exact) mass is 243 g/mol. The fraction of sp³-hybridized carbons (Fsp3) is 0.923. The summed E-state index contributed by atoms with van der Waals surface area (Å²) < 4.78 is 10.6. The fourth-order valence-corrected chi connectivity index (χ4v) is 2.25. The van der Waals surface area contributed by atoms with Crippen LogP contribution in [0.4, 0.5) is 0 Å².